The Hall–Kier alpha value is -1.73. The summed E-state index contributed by atoms with van der Waals surface area (Å²) < 4.78 is 11.3. The van der Waals surface area contributed by atoms with Gasteiger partial charge < -0.3 is 9.47 Å². The van der Waals surface area contributed by atoms with Crippen molar-refractivity contribution in [3.8, 4) is 17.6 Å². The molecule has 108 valence electrons. The normalized spacial score (nSPS) is 18.3. The van der Waals surface area contributed by atoms with Gasteiger partial charge in [-0.25, -0.2) is 0 Å². The lowest BCUT2D eigenvalue weighted by molar-refractivity contribution is 0.248. The molecule has 1 aliphatic heterocycles. The van der Waals surface area contributed by atoms with Crippen molar-refractivity contribution in [1.29, 1.82) is 5.26 Å². The molecule has 0 saturated carbocycles. The molecule has 0 aliphatic carbocycles. The number of nitriles is 1. The average Bonchev–Trinajstić information content (AvgIpc) is 2.82. The van der Waals surface area contributed by atoms with E-state index in [0.717, 1.165) is 42.1 Å². The van der Waals surface area contributed by atoms with Gasteiger partial charge in [-0.1, -0.05) is 13.8 Å². The van der Waals surface area contributed by atoms with Crippen LogP contribution in [0.5, 0.6) is 11.5 Å². The molecule has 0 N–H and O–H groups in total. The van der Waals surface area contributed by atoms with Gasteiger partial charge in [0, 0.05) is 17.5 Å². The summed E-state index contributed by atoms with van der Waals surface area (Å²) in [5.41, 5.74) is 2.06. The third-order valence-corrected chi connectivity index (χ3v) is 3.84. The fourth-order valence-corrected chi connectivity index (χ4v) is 2.78. The lowest BCUT2D eigenvalue weighted by Crippen LogP contribution is -2.27. The number of methoxy groups -OCH3 is 1. The fraction of sp³-hybridized carbons (Fsp3) is 0.562. The Morgan fingerprint density at radius 2 is 2.15 bits per heavy atom. The van der Waals surface area contributed by atoms with Gasteiger partial charge in [-0.15, -0.1) is 0 Å². The molecule has 4 heteroatoms. The minimum absolute atomic E-state index is 0.193. The van der Waals surface area contributed by atoms with Crippen molar-refractivity contribution in [2.75, 3.05) is 20.2 Å². The number of rotatable bonds is 5. The first-order valence-corrected chi connectivity index (χ1v) is 7.15. The summed E-state index contributed by atoms with van der Waals surface area (Å²) in [6.07, 6.45) is 1.09. The Balaban J connectivity index is 2.45. The highest BCUT2D eigenvalue weighted by Crippen LogP contribution is 2.38. The van der Waals surface area contributed by atoms with E-state index in [1.54, 1.807) is 7.11 Å². The zero-order valence-corrected chi connectivity index (χ0v) is 12.6. The summed E-state index contributed by atoms with van der Waals surface area (Å²) in [4.78, 5) is 2.11. The minimum Gasteiger partial charge on any atom is -0.496 e. The number of ether oxygens (including phenoxy) is 2. The largest absolute Gasteiger partial charge is 0.496 e. The molecule has 20 heavy (non-hydrogen) atoms. The van der Waals surface area contributed by atoms with Gasteiger partial charge in [0.05, 0.1) is 13.2 Å². The zero-order chi connectivity index (χ0) is 14.7. The quantitative estimate of drug-likeness (QED) is 0.828. The second-order valence-electron chi connectivity index (χ2n) is 5.09. The smallest absolute Gasteiger partial charge is 0.127 e. The highest BCUT2D eigenvalue weighted by Gasteiger charge is 2.27. The number of benzene rings is 1. The van der Waals surface area contributed by atoms with E-state index in [0.29, 0.717) is 0 Å². The molecular weight excluding hydrogens is 252 g/mol. The first-order chi connectivity index (χ1) is 9.64. The Morgan fingerprint density at radius 1 is 1.45 bits per heavy atom. The van der Waals surface area contributed by atoms with E-state index in [-0.39, 0.29) is 12.1 Å². The summed E-state index contributed by atoms with van der Waals surface area (Å²) >= 11 is 0. The summed E-state index contributed by atoms with van der Waals surface area (Å²) in [6.45, 7) is 7.83. The van der Waals surface area contributed by atoms with Crippen molar-refractivity contribution >= 4 is 0 Å². The van der Waals surface area contributed by atoms with Crippen molar-refractivity contribution < 1.29 is 9.47 Å². The van der Waals surface area contributed by atoms with Crippen LogP contribution in [0.2, 0.25) is 0 Å². The number of fused-ring (bicyclic) bond motifs is 1. The number of nitrogens with zero attached hydrogens (tertiary/aromatic N) is 2. The van der Waals surface area contributed by atoms with E-state index < -0.39 is 0 Å². The molecule has 0 spiro atoms. The van der Waals surface area contributed by atoms with Crippen LogP contribution in [-0.2, 0) is 6.42 Å². The third-order valence-electron chi connectivity index (χ3n) is 3.84. The lowest BCUT2D eigenvalue weighted by Gasteiger charge is -2.26. The van der Waals surface area contributed by atoms with Gasteiger partial charge in [0.15, 0.2) is 0 Å². The van der Waals surface area contributed by atoms with Crippen LogP contribution in [0.25, 0.3) is 0 Å². The lowest BCUT2D eigenvalue weighted by atomic mass is 10.0. The van der Waals surface area contributed by atoms with Crippen LogP contribution in [0.15, 0.2) is 12.1 Å². The molecule has 1 heterocycles. The Kier molecular flexibility index (Phi) is 4.51. The van der Waals surface area contributed by atoms with Crippen molar-refractivity contribution in [2.45, 2.75) is 39.3 Å². The molecule has 0 saturated heterocycles. The monoisotopic (exact) mass is 274 g/mol. The molecule has 0 radical (unpaired) electrons. The van der Waals surface area contributed by atoms with Crippen LogP contribution in [0.4, 0.5) is 0 Å². The zero-order valence-electron chi connectivity index (χ0n) is 12.6. The Morgan fingerprint density at radius 3 is 2.70 bits per heavy atom. The van der Waals surface area contributed by atoms with Crippen molar-refractivity contribution in [3.05, 3.63) is 23.3 Å². The van der Waals surface area contributed by atoms with Gasteiger partial charge in [0.1, 0.15) is 23.6 Å². The maximum absolute atomic E-state index is 9.54. The molecule has 1 aromatic rings. The molecule has 0 amide bonds. The van der Waals surface area contributed by atoms with E-state index in [2.05, 4.69) is 31.7 Å². The van der Waals surface area contributed by atoms with E-state index in [9.17, 15) is 5.26 Å². The van der Waals surface area contributed by atoms with Crippen molar-refractivity contribution in [3.63, 3.8) is 0 Å². The van der Waals surface area contributed by atoms with Gasteiger partial charge >= 0.3 is 0 Å². The van der Waals surface area contributed by atoms with Gasteiger partial charge in [0.25, 0.3) is 0 Å². The summed E-state index contributed by atoms with van der Waals surface area (Å²) in [6, 6.07) is 6.08. The van der Waals surface area contributed by atoms with Crippen molar-refractivity contribution in [1.82, 2.24) is 4.90 Å². The SMILES string of the molecule is CCN(CC)C(C#N)c1cc2c(cc1OC)CC(C)O2. The average molecular weight is 274 g/mol. The van der Waals surface area contributed by atoms with Gasteiger partial charge in [-0.05, 0) is 32.1 Å². The maximum atomic E-state index is 9.54. The first kappa shape index (κ1) is 14.7. The molecular formula is C16H22N2O2. The molecule has 2 atom stereocenters. The molecule has 2 rings (SSSR count). The summed E-state index contributed by atoms with van der Waals surface area (Å²) in [7, 11) is 1.65. The maximum Gasteiger partial charge on any atom is 0.127 e. The molecule has 1 aromatic carbocycles. The van der Waals surface area contributed by atoms with Crippen LogP contribution in [-0.4, -0.2) is 31.2 Å². The van der Waals surface area contributed by atoms with Crippen LogP contribution in [0, 0.1) is 11.3 Å². The predicted octanol–water partition coefficient (Wildman–Crippen LogP) is 2.93. The molecule has 1 aliphatic rings. The van der Waals surface area contributed by atoms with E-state index in [1.165, 1.54) is 0 Å². The second kappa shape index (κ2) is 6.15. The van der Waals surface area contributed by atoms with E-state index >= 15 is 0 Å². The predicted molar refractivity (Wildman–Crippen MR) is 78.1 cm³/mol. The molecule has 0 aromatic heterocycles. The molecule has 4 nitrogen and oxygen atoms in total. The molecule has 0 fully saturated rings. The van der Waals surface area contributed by atoms with Crippen LogP contribution < -0.4 is 9.47 Å². The number of hydrogen-bond donors (Lipinski definition) is 0. The van der Waals surface area contributed by atoms with Crippen LogP contribution in [0.3, 0.4) is 0 Å². The van der Waals surface area contributed by atoms with Crippen molar-refractivity contribution in [2.24, 2.45) is 0 Å². The Labute approximate surface area is 120 Å². The number of hydrogen-bond acceptors (Lipinski definition) is 4. The Bertz CT molecular complexity index is 518. The van der Waals surface area contributed by atoms with Gasteiger partial charge in [0.2, 0.25) is 0 Å². The van der Waals surface area contributed by atoms with Gasteiger partial charge in [-0.2, -0.15) is 5.26 Å². The standard InChI is InChI=1S/C16H22N2O2/c1-5-18(6-2)14(10-17)13-9-15-12(7-11(3)20-15)8-16(13)19-4/h8-9,11,14H,5-7H2,1-4H3. The third kappa shape index (κ3) is 2.59. The van der Waals surface area contributed by atoms with Crippen LogP contribution in [0.1, 0.15) is 37.9 Å². The first-order valence-electron chi connectivity index (χ1n) is 7.15. The highest BCUT2D eigenvalue weighted by atomic mass is 16.5. The highest BCUT2D eigenvalue weighted by molar-refractivity contribution is 5.51. The fourth-order valence-electron chi connectivity index (χ4n) is 2.78. The summed E-state index contributed by atoms with van der Waals surface area (Å²) in [5, 5.41) is 9.54. The van der Waals surface area contributed by atoms with E-state index in [1.807, 2.05) is 12.1 Å². The van der Waals surface area contributed by atoms with E-state index in [4.69, 9.17) is 9.47 Å². The minimum atomic E-state index is -0.301. The topological polar surface area (TPSA) is 45.5 Å². The summed E-state index contributed by atoms with van der Waals surface area (Å²) in [5.74, 6) is 1.67. The molecule has 2 unspecified atom stereocenters. The molecule has 0 bridgehead atoms. The van der Waals surface area contributed by atoms with Crippen LogP contribution >= 0.6 is 0 Å². The second-order valence-corrected chi connectivity index (χ2v) is 5.09. The van der Waals surface area contributed by atoms with Gasteiger partial charge in [-0.3, -0.25) is 4.90 Å².